The maximum atomic E-state index is 14.4. The molecular formula is C17H21FN+. The van der Waals surface area contributed by atoms with Gasteiger partial charge < -0.3 is 0 Å². The van der Waals surface area contributed by atoms with Gasteiger partial charge in [-0.15, -0.1) is 0 Å². The molecule has 0 aliphatic rings. The third-order valence-electron chi connectivity index (χ3n) is 3.37. The molecule has 0 fully saturated rings. The minimum atomic E-state index is -0.114. The third kappa shape index (κ3) is 2.83. The molecule has 0 saturated carbocycles. The molecule has 1 heterocycles. The second-order valence-corrected chi connectivity index (χ2v) is 4.90. The van der Waals surface area contributed by atoms with Gasteiger partial charge in [0.05, 0.1) is 5.56 Å². The molecule has 0 aliphatic heterocycles. The molecule has 0 aliphatic carbocycles. The van der Waals surface area contributed by atoms with Crippen LogP contribution in [-0.4, -0.2) is 0 Å². The Morgan fingerprint density at radius 3 is 2.63 bits per heavy atom. The first-order valence-corrected chi connectivity index (χ1v) is 6.95. The van der Waals surface area contributed by atoms with Crippen LogP contribution in [0.5, 0.6) is 0 Å². The Morgan fingerprint density at radius 1 is 1.16 bits per heavy atom. The van der Waals surface area contributed by atoms with Gasteiger partial charge in [-0.1, -0.05) is 19.4 Å². The van der Waals surface area contributed by atoms with E-state index in [1.165, 1.54) is 0 Å². The van der Waals surface area contributed by atoms with Crippen molar-refractivity contribution in [2.45, 2.75) is 40.2 Å². The molecule has 2 rings (SSSR count). The van der Waals surface area contributed by atoms with Crippen LogP contribution in [-0.2, 0) is 13.0 Å². The molecule has 2 aromatic rings. The van der Waals surface area contributed by atoms with Crippen molar-refractivity contribution in [3.05, 3.63) is 53.5 Å². The molecular weight excluding hydrogens is 237 g/mol. The number of nitrogens with zero attached hydrogens (tertiary/aromatic N) is 1. The fourth-order valence-corrected chi connectivity index (χ4v) is 2.55. The van der Waals surface area contributed by atoms with E-state index in [-0.39, 0.29) is 5.82 Å². The quantitative estimate of drug-likeness (QED) is 0.728. The maximum absolute atomic E-state index is 14.4. The van der Waals surface area contributed by atoms with E-state index in [1.807, 2.05) is 31.3 Å². The van der Waals surface area contributed by atoms with E-state index in [4.69, 9.17) is 0 Å². The Bertz CT molecular complexity index is 575. The number of hydrogen-bond donors (Lipinski definition) is 0. The Morgan fingerprint density at radius 2 is 1.95 bits per heavy atom. The predicted molar refractivity (Wildman–Crippen MR) is 76.4 cm³/mol. The Kier molecular flexibility index (Phi) is 4.31. The first kappa shape index (κ1) is 13.7. The summed E-state index contributed by atoms with van der Waals surface area (Å²) >= 11 is 0. The maximum Gasteiger partial charge on any atom is 0.215 e. The molecule has 1 aromatic heterocycles. The summed E-state index contributed by atoms with van der Waals surface area (Å²) in [5.41, 5.74) is 3.82. The molecule has 0 amide bonds. The lowest BCUT2D eigenvalue weighted by Gasteiger charge is -2.10. The van der Waals surface area contributed by atoms with Gasteiger partial charge >= 0.3 is 0 Å². The van der Waals surface area contributed by atoms with Gasteiger partial charge in [-0.2, -0.15) is 4.57 Å². The van der Waals surface area contributed by atoms with Crippen LogP contribution in [0.15, 0.2) is 36.5 Å². The first-order valence-electron chi connectivity index (χ1n) is 6.95. The van der Waals surface area contributed by atoms with Crippen LogP contribution in [0, 0.1) is 12.7 Å². The highest BCUT2D eigenvalue weighted by Crippen LogP contribution is 2.27. The molecule has 0 N–H and O–H groups in total. The zero-order chi connectivity index (χ0) is 13.8. The van der Waals surface area contributed by atoms with Crippen LogP contribution in [0.2, 0.25) is 0 Å². The van der Waals surface area contributed by atoms with Gasteiger partial charge in [-0.25, -0.2) is 4.39 Å². The van der Waals surface area contributed by atoms with Crippen molar-refractivity contribution in [1.82, 2.24) is 0 Å². The van der Waals surface area contributed by atoms with Gasteiger partial charge in [0.25, 0.3) is 0 Å². The zero-order valence-electron chi connectivity index (χ0n) is 11.9. The topological polar surface area (TPSA) is 3.88 Å². The molecule has 100 valence electrons. The van der Waals surface area contributed by atoms with Crippen molar-refractivity contribution < 1.29 is 8.96 Å². The lowest BCUT2D eigenvalue weighted by Crippen LogP contribution is -2.34. The number of pyridine rings is 1. The Labute approximate surface area is 114 Å². The highest BCUT2D eigenvalue weighted by atomic mass is 19.1. The van der Waals surface area contributed by atoms with E-state index in [0.29, 0.717) is 0 Å². The van der Waals surface area contributed by atoms with Crippen LogP contribution >= 0.6 is 0 Å². The summed E-state index contributed by atoms with van der Waals surface area (Å²) in [6, 6.07) is 9.68. The summed E-state index contributed by atoms with van der Waals surface area (Å²) in [7, 11) is 0. The van der Waals surface area contributed by atoms with Gasteiger partial charge in [0.1, 0.15) is 12.4 Å². The van der Waals surface area contributed by atoms with Crippen molar-refractivity contribution >= 4 is 0 Å². The van der Waals surface area contributed by atoms with E-state index in [1.54, 1.807) is 6.07 Å². The second kappa shape index (κ2) is 5.96. The SMILES string of the molecule is CCCc1cc(C)cc(F)c1-c1cccc[n+]1CC. The van der Waals surface area contributed by atoms with E-state index < -0.39 is 0 Å². The fourth-order valence-electron chi connectivity index (χ4n) is 2.55. The molecule has 0 bridgehead atoms. The molecule has 0 spiro atoms. The van der Waals surface area contributed by atoms with Crippen LogP contribution in [0.25, 0.3) is 11.3 Å². The van der Waals surface area contributed by atoms with Crippen molar-refractivity contribution in [2.24, 2.45) is 0 Å². The predicted octanol–water partition coefficient (Wildman–Crippen LogP) is 4.06. The van der Waals surface area contributed by atoms with Crippen molar-refractivity contribution in [1.29, 1.82) is 0 Å². The molecule has 0 radical (unpaired) electrons. The van der Waals surface area contributed by atoms with Crippen molar-refractivity contribution in [3.8, 4) is 11.3 Å². The lowest BCUT2D eigenvalue weighted by atomic mass is 9.97. The second-order valence-electron chi connectivity index (χ2n) is 4.90. The Balaban J connectivity index is 2.66. The molecule has 0 saturated heterocycles. The first-order chi connectivity index (χ1) is 9.17. The Hall–Kier alpha value is -1.70. The summed E-state index contributed by atoms with van der Waals surface area (Å²) < 4.78 is 16.5. The van der Waals surface area contributed by atoms with Gasteiger partial charge in [0.15, 0.2) is 6.20 Å². The monoisotopic (exact) mass is 258 g/mol. The smallest absolute Gasteiger partial charge is 0.206 e. The summed E-state index contributed by atoms with van der Waals surface area (Å²) in [5, 5.41) is 0. The van der Waals surface area contributed by atoms with Gasteiger partial charge in [0.2, 0.25) is 5.69 Å². The number of benzene rings is 1. The van der Waals surface area contributed by atoms with E-state index >= 15 is 0 Å². The van der Waals surface area contributed by atoms with Gasteiger partial charge in [0, 0.05) is 12.1 Å². The number of halogens is 1. The molecule has 2 heteroatoms. The number of hydrogen-bond acceptors (Lipinski definition) is 0. The molecule has 1 nitrogen and oxygen atoms in total. The van der Waals surface area contributed by atoms with Crippen molar-refractivity contribution in [2.75, 3.05) is 0 Å². The van der Waals surface area contributed by atoms with Gasteiger partial charge in [-0.05, 0) is 43.5 Å². The molecule has 19 heavy (non-hydrogen) atoms. The van der Waals surface area contributed by atoms with E-state index in [0.717, 1.165) is 41.8 Å². The largest absolute Gasteiger partial charge is 0.215 e. The third-order valence-corrected chi connectivity index (χ3v) is 3.37. The molecule has 0 unspecified atom stereocenters. The van der Waals surface area contributed by atoms with E-state index in [2.05, 4.69) is 24.5 Å². The van der Waals surface area contributed by atoms with E-state index in [9.17, 15) is 4.39 Å². The highest BCUT2D eigenvalue weighted by Gasteiger charge is 2.19. The van der Waals surface area contributed by atoms with Crippen LogP contribution < -0.4 is 4.57 Å². The van der Waals surface area contributed by atoms with Crippen LogP contribution in [0.3, 0.4) is 0 Å². The van der Waals surface area contributed by atoms with Gasteiger partial charge in [-0.3, -0.25) is 0 Å². The molecule has 1 aromatic carbocycles. The minimum Gasteiger partial charge on any atom is -0.206 e. The van der Waals surface area contributed by atoms with Crippen LogP contribution in [0.4, 0.5) is 4.39 Å². The normalized spacial score (nSPS) is 10.7. The summed E-state index contributed by atoms with van der Waals surface area (Å²) in [6.45, 7) is 7.00. The summed E-state index contributed by atoms with van der Waals surface area (Å²) in [6.07, 6.45) is 3.94. The summed E-state index contributed by atoms with van der Waals surface area (Å²) in [5.74, 6) is -0.114. The average molecular weight is 258 g/mol. The summed E-state index contributed by atoms with van der Waals surface area (Å²) in [4.78, 5) is 0. The number of aromatic nitrogens is 1. The zero-order valence-corrected chi connectivity index (χ0v) is 11.9. The number of rotatable bonds is 4. The lowest BCUT2D eigenvalue weighted by molar-refractivity contribution is -0.682. The molecule has 0 atom stereocenters. The fraction of sp³-hybridized carbons (Fsp3) is 0.353. The number of aryl methyl sites for hydroxylation is 3. The standard InChI is InChI=1S/C17H21FN/c1-4-8-14-11-13(3)12-15(18)17(14)16-9-6-7-10-19(16)5-2/h6-7,9-12H,4-5,8H2,1-3H3/q+1. The highest BCUT2D eigenvalue weighted by molar-refractivity contribution is 5.63. The van der Waals surface area contributed by atoms with Crippen LogP contribution in [0.1, 0.15) is 31.4 Å². The minimum absolute atomic E-state index is 0.114. The average Bonchev–Trinajstić information content (AvgIpc) is 2.39. The van der Waals surface area contributed by atoms with Crippen molar-refractivity contribution in [3.63, 3.8) is 0 Å².